The van der Waals surface area contributed by atoms with E-state index in [4.69, 9.17) is 4.74 Å². The van der Waals surface area contributed by atoms with E-state index in [0.29, 0.717) is 18.1 Å². The van der Waals surface area contributed by atoms with E-state index in [9.17, 15) is 19.5 Å². The number of carbonyl (C=O) groups is 3. The zero-order valence-electron chi connectivity index (χ0n) is 14.6. The first kappa shape index (κ1) is 17.5. The Hall–Kier alpha value is -2.37. The molecule has 25 heavy (non-hydrogen) atoms. The van der Waals surface area contributed by atoms with E-state index >= 15 is 0 Å². The van der Waals surface area contributed by atoms with Gasteiger partial charge in [0.2, 0.25) is 11.8 Å². The fourth-order valence-electron chi connectivity index (χ4n) is 3.93. The fourth-order valence-corrected chi connectivity index (χ4v) is 3.93. The second-order valence-corrected chi connectivity index (χ2v) is 7.29. The van der Waals surface area contributed by atoms with Crippen LogP contribution in [0.5, 0.6) is 5.75 Å². The summed E-state index contributed by atoms with van der Waals surface area (Å²) in [6, 6.07) is 6.55. The van der Waals surface area contributed by atoms with Gasteiger partial charge in [0.1, 0.15) is 5.75 Å². The van der Waals surface area contributed by atoms with E-state index in [-0.39, 0.29) is 30.1 Å². The second kappa shape index (κ2) is 6.50. The summed E-state index contributed by atoms with van der Waals surface area (Å²) in [4.78, 5) is 37.9. The van der Waals surface area contributed by atoms with E-state index in [1.807, 2.05) is 13.8 Å². The van der Waals surface area contributed by atoms with Crippen LogP contribution < -0.4 is 4.74 Å². The Balaban J connectivity index is 1.83. The highest BCUT2D eigenvalue weighted by Crippen LogP contribution is 2.53. The van der Waals surface area contributed by atoms with Crippen LogP contribution in [0.25, 0.3) is 0 Å². The zero-order chi connectivity index (χ0) is 18.3. The van der Waals surface area contributed by atoms with Gasteiger partial charge in [-0.1, -0.05) is 26.0 Å². The summed E-state index contributed by atoms with van der Waals surface area (Å²) in [5.74, 6) is -1.86. The van der Waals surface area contributed by atoms with Crippen LogP contribution in [0.4, 0.5) is 0 Å². The normalized spacial score (nSPS) is 28.6. The van der Waals surface area contributed by atoms with Gasteiger partial charge in [-0.2, -0.15) is 0 Å². The summed E-state index contributed by atoms with van der Waals surface area (Å²) in [5, 5.41) is 9.53. The van der Waals surface area contributed by atoms with Gasteiger partial charge < -0.3 is 9.84 Å². The summed E-state index contributed by atoms with van der Waals surface area (Å²) in [5.41, 5.74) is 0.811. The summed E-state index contributed by atoms with van der Waals surface area (Å²) >= 11 is 0. The van der Waals surface area contributed by atoms with Crippen LogP contribution in [-0.4, -0.2) is 40.9 Å². The highest BCUT2D eigenvalue weighted by molar-refractivity contribution is 6.05. The standard InChI is InChI=1S/C19H23NO5/c1-10(2)8-12-9-14(21)20(18(12)22)17-15(16(17)19(23)24)11-4-6-13(25-3)7-5-11/h4-7,10,12,15-17H,8-9H2,1-3H3,(H,23,24)/t12-,15-,16+,17+/m1/s1. The third kappa shape index (κ3) is 3.13. The monoisotopic (exact) mass is 345 g/mol. The Bertz CT molecular complexity index is 696. The number of aliphatic carboxylic acids is 1. The van der Waals surface area contributed by atoms with Crippen molar-refractivity contribution in [2.75, 3.05) is 7.11 Å². The molecule has 4 atom stereocenters. The molecule has 2 aliphatic rings. The van der Waals surface area contributed by atoms with Gasteiger partial charge in [-0.05, 0) is 30.0 Å². The van der Waals surface area contributed by atoms with Gasteiger partial charge in [0.15, 0.2) is 0 Å². The number of carboxylic acid groups (broad SMARTS) is 1. The number of hydrogen-bond donors (Lipinski definition) is 1. The van der Waals surface area contributed by atoms with Gasteiger partial charge in [0.25, 0.3) is 0 Å². The highest BCUT2D eigenvalue weighted by Gasteiger charge is 2.63. The lowest BCUT2D eigenvalue weighted by Crippen LogP contribution is -2.35. The SMILES string of the molecule is COc1ccc([C@@H]2[C@H](C(=O)O)[C@H]2N2C(=O)C[C@@H](CC(C)C)C2=O)cc1. The molecule has 1 saturated carbocycles. The molecule has 1 aliphatic carbocycles. The average molecular weight is 345 g/mol. The van der Waals surface area contributed by atoms with E-state index < -0.39 is 17.9 Å². The minimum Gasteiger partial charge on any atom is -0.497 e. The number of carboxylic acids is 1. The molecule has 1 aromatic rings. The molecule has 1 aliphatic heterocycles. The number of carbonyl (C=O) groups excluding carboxylic acids is 2. The van der Waals surface area contributed by atoms with Crippen molar-refractivity contribution in [2.24, 2.45) is 17.8 Å². The number of amides is 2. The highest BCUT2D eigenvalue weighted by atomic mass is 16.5. The summed E-state index contributed by atoms with van der Waals surface area (Å²) < 4.78 is 5.12. The number of imide groups is 1. The lowest BCUT2D eigenvalue weighted by atomic mass is 9.96. The van der Waals surface area contributed by atoms with Crippen molar-refractivity contribution < 1.29 is 24.2 Å². The van der Waals surface area contributed by atoms with E-state index in [0.717, 1.165) is 5.56 Å². The molecule has 0 radical (unpaired) electrons. The molecule has 1 N–H and O–H groups in total. The predicted molar refractivity (Wildman–Crippen MR) is 90.1 cm³/mol. The number of hydrogen-bond acceptors (Lipinski definition) is 4. The van der Waals surface area contributed by atoms with E-state index in [1.54, 1.807) is 31.4 Å². The lowest BCUT2D eigenvalue weighted by Gasteiger charge is -2.16. The van der Waals surface area contributed by atoms with Gasteiger partial charge in [-0.15, -0.1) is 0 Å². The average Bonchev–Trinajstić information content (AvgIpc) is 3.22. The Kier molecular flexibility index (Phi) is 4.54. The Labute approximate surface area is 146 Å². The summed E-state index contributed by atoms with van der Waals surface area (Å²) in [7, 11) is 1.56. The minimum absolute atomic E-state index is 0.190. The van der Waals surface area contributed by atoms with Gasteiger partial charge in [-0.25, -0.2) is 0 Å². The molecule has 1 heterocycles. The van der Waals surface area contributed by atoms with Crippen LogP contribution in [0, 0.1) is 17.8 Å². The van der Waals surface area contributed by atoms with Crippen LogP contribution in [0.3, 0.4) is 0 Å². The number of methoxy groups -OCH3 is 1. The maximum absolute atomic E-state index is 12.7. The Morgan fingerprint density at radius 1 is 1.28 bits per heavy atom. The van der Waals surface area contributed by atoms with Gasteiger partial charge >= 0.3 is 5.97 Å². The van der Waals surface area contributed by atoms with Crippen molar-refractivity contribution in [3.05, 3.63) is 29.8 Å². The molecule has 2 fully saturated rings. The minimum atomic E-state index is -0.973. The van der Waals surface area contributed by atoms with Gasteiger partial charge in [0, 0.05) is 18.3 Å². The van der Waals surface area contributed by atoms with Crippen molar-refractivity contribution in [3.8, 4) is 5.75 Å². The maximum atomic E-state index is 12.7. The van der Waals surface area contributed by atoms with E-state index in [2.05, 4.69) is 0 Å². The van der Waals surface area contributed by atoms with Crippen molar-refractivity contribution in [1.29, 1.82) is 0 Å². The number of likely N-dealkylation sites (tertiary alicyclic amines) is 1. The van der Waals surface area contributed by atoms with Gasteiger partial charge in [-0.3, -0.25) is 19.3 Å². The van der Waals surface area contributed by atoms with Crippen molar-refractivity contribution in [2.45, 2.75) is 38.6 Å². The molecule has 0 unspecified atom stereocenters. The summed E-state index contributed by atoms with van der Waals surface area (Å²) in [6.07, 6.45) is 0.841. The van der Waals surface area contributed by atoms with Crippen LogP contribution in [0.15, 0.2) is 24.3 Å². The van der Waals surface area contributed by atoms with Crippen molar-refractivity contribution in [1.82, 2.24) is 4.90 Å². The fraction of sp³-hybridized carbons (Fsp3) is 0.526. The van der Waals surface area contributed by atoms with Crippen molar-refractivity contribution in [3.63, 3.8) is 0 Å². The molecule has 0 bridgehead atoms. The summed E-state index contributed by atoms with van der Waals surface area (Å²) in [6.45, 7) is 4.02. The number of nitrogens with zero attached hydrogens (tertiary/aromatic N) is 1. The Morgan fingerprint density at radius 3 is 2.44 bits per heavy atom. The number of benzene rings is 1. The Morgan fingerprint density at radius 2 is 1.92 bits per heavy atom. The first-order chi connectivity index (χ1) is 11.8. The molecule has 2 amide bonds. The smallest absolute Gasteiger partial charge is 0.309 e. The quantitative estimate of drug-likeness (QED) is 0.800. The molecule has 1 aromatic carbocycles. The van der Waals surface area contributed by atoms with Crippen LogP contribution >= 0.6 is 0 Å². The largest absolute Gasteiger partial charge is 0.497 e. The van der Waals surface area contributed by atoms with Crippen LogP contribution in [0.2, 0.25) is 0 Å². The molecule has 1 saturated heterocycles. The van der Waals surface area contributed by atoms with Crippen molar-refractivity contribution >= 4 is 17.8 Å². The predicted octanol–water partition coefficient (Wildman–Crippen LogP) is 2.28. The zero-order valence-corrected chi connectivity index (χ0v) is 14.6. The molecule has 6 nitrogen and oxygen atoms in total. The van der Waals surface area contributed by atoms with Gasteiger partial charge in [0.05, 0.1) is 19.1 Å². The molecular weight excluding hydrogens is 322 g/mol. The van der Waals surface area contributed by atoms with Crippen LogP contribution in [-0.2, 0) is 14.4 Å². The molecular formula is C19H23NO5. The maximum Gasteiger partial charge on any atom is 0.309 e. The molecule has 6 heteroatoms. The molecule has 0 spiro atoms. The van der Waals surface area contributed by atoms with E-state index in [1.165, 1.54) is 4.90 Å². The second-order valence-electron chi connectivity index (χ2n) is 7.29. The third-order valence-electron chi connectivity index (χ3n) is 5.10. The first-order valence-corrected chi connectivity index (χ1v) is 8.57. The number of rotatable bonds is 6. The topological polar surface area (TPSA) is 83.9 Å². The molecule has 0 aromatic heterocycles. The molecule has 134 valence electrons. The van der Waals surface area contributed by atoms with Crippen LogP contribution in [0.1, 0.15) is 38.2 Å². The number of ether oxygens (including phenoxy) is 1. The third-order valence-corrected chi connectivity index (χ3v) is 5.10. The first-order valence-electron chi connectivity index (χ1n) is 8.57. The molecule has 3 rings (SSSR count). The lowest BCUT2D eigenvalue weighted by molar-refractivity contribution is -0.142.